The van der Waals surface area contributed by atoms with Gasteiger partial charge in [-0.15, -0.1) is 0 Å². The predicted octanol–water partition coefficient (Wildman–Crippen LogP) is 0.462. The molecule has 0 fully saturated rings. The maximum atomic E-state index is 7.98. The highest BCUT2D eigenvalue weighted by atomic mass is 16.4. The third-order valence-corrected chi connectivity index (χ3v) is 0.783. The highest BCUT2D eigenvalue weighted by Crippen LogP contribution is 1.96. The van der Waals surface area contributed by atoms with E-state index in [2.05, 4.69) is 10.5 Å². The fraction of sp³-hybridized carbons (Fsp3) is 0. The maximum absolute atomic E-state index is 7.98. The Morgan fingerprint density at radius 2 is 2.62 bits per heavy atom. The molecule has 1 rings (SSSR count). The monoisotopic (exact) mass is 109 g/mol. The quantitative estimate of drug-likeness (QED) is 0.297. The van der Waals surface area contributed by atoms with E-state index >= 15 is 0 Å². The van der Waals surface area contributed by atoms with Gasteiger partial charge in [-0.1, -0.05) is 5.16 Å². The van der Waals surface area contributed by atoms with Crippen LogP contribution in [0.4, 0.5) is 0 Å². The van der Waals surface area contributed by atoms with Crippen LogP contribution < -0.4 is 5.32 Å². The molecule has 3 heteroatoms. The Bertz CT molecular complexity index is 158. The van der Waals surface area contributed by atoms with Crippen molar-refractivity contribution < 1.29 is 5.21 Å². The minimum atomic E-state index is 0.813. The zero-order valence-corrected chi connectivity index (χ0v) is 4.15. The molecule has 41 valence electrons. The lowest BCUT2D eigenvalue weighted by Gasteiger charge is -1.77. The standard InChI is InChI=1S/C5H5N2O/c8-7-4-5-1-2-6-3-5/h1-4,8H. The van der Waals surface area contributed by atoms with E-state index in [1.54, 1.807) is 18.5 Å². The fourth-order valence-electron chi connectivity index (χ4n) is 0.444. The zero-order chi connectivity index (χ0) is 5.82. The first-order valence-electron chi connectivity index (χ1n) is 2.17. The number of oxime groups is 1. The SMILES string of the molecule is ON=CC1=C[N]C=C1. The summed E-state index contributed by atoms with van der Waals surface area (Å²) in [7, 11) is 0. The van der Waals surface area contributed by atoms with Crippen molar-refractivity contribution in [3.8, 4) is 0 Å². The Balaban J connectivity index is 2.58. The summed E-state index contributed by atoms with van der Waals surface area (Å²) in [5.74, 6) is 0. The lowest BCUT2D eigenvalue weighted by molar-refractivity contribution is 0.322. The van der Waals surface area contributed by atoms with Crippen molar-refractivity contribution in [2.24, 2.45) is 5.16 Å². The van der Waals surface area contributed by atoms with Crippen LogP contribution in [-0.2, 0) is 0 Å². The summed E-state index contributed by atoms with van der Waals surface area (Å²) < 4.78 is 0. The molecule has 3 nitrogen and oxygen atoms in total. The average Bonchev–Trinajstić information content (AvgIpc) is 2.19. The molecule has 1 N–H and O–H groups in total. The molecule has 0 spiro atoms. The Morgan fingerprint density at radius 3 is 3.12 bits per heavy atom. The second-order valence-electron chi connectivity index (χ2n) is 1.34. The summed E-state index contributed by atoms with van der Waals surface area (Å²) in [6.07, 6.45) is 6.32. The average molecular weight is 109 g/mol. The molecule has 0 aromatic rings. The van der Waals surface area contributed by atoms with E-state index in [0.717, 1.165) is 5.57 Å². The molecule has 1 aliphatic rings. The van der Waals surface area contributed by atoms with E-state index in [1.165, 1.54) is 6.21 Å². The lowest BCUT2D eigenvalue weighted by Crippen LogP contribution is -1.76. The Kier molecular flexibility index (Phi) is 1.32. The van der Waals surface area contributed by atoms with E-state index in [9.17, 15) is 0 Å². The van der Waals surface area contributed by atoms with Crippen LogP contribution >= 0.6 is 0 Å². The van der Waals surface area contributed by atoms with Crippen molar-refractivity contribution in [3.63, 3.8) is 0 Å². The van der Waals surface area contributed by atoms with Crippen LogP contribution in [0.2, 0.25) is 0 Å². The normalized spacial score (nSPS) is 16.8. The lowest BCUT2D eigenvalue weighted by atomic mass is 10.3. The van der Waals surface area contributed by atoms with Gasteiger partial charge >= 0.3 is 0 Å². The van der Waals surface area contributed by atoms with E-state index in [1.807, 2.05) is 0 Å². The van der Waals surface area contributed by atoms with Gasteiger partial charge in [0.2, 0.25) is 0 Å². The Morgan fingerprint density at radius 1 is 1.75 bits per heavy atom. The maximum Gasteiger partial charge on any atom is 0.0749 e. The highest BCUT2D eigenvalue weighted by molar-refractivity contribution is 5.82. The van der Waals surface area contributed by atoms with Gasteiger partial charge in [0.15, 0.2) is 0 Å². The van der Waals surface area contributed by atoms with Crippen LogP contribution in [0.1, 0.15) is 0 Å². The summed E-state index contributed by atoms with van der Waals surface area (Å²) in [5, 5.41) is 14.5. The van der Waals surface area contributed by atoms with Gasteiger partial charge in [0.05, 0.1) is 6.21 Å². The van der Waals surface area contributed by atoms with Crippen molar-refractivity contribution in [3.05, 3.63) is 24.0 Å². The van der Waals surface area contributed by atoms with Crippen molar-refractivity contribution in [1.29, 1.82) is 0 Å². The van der Waals surface area contributed by atoms with Gasteiger partial charge in [0, 0.05) is 18.0 Å². The fourth-order valence-corrected chi connectivity index (χ4v) is 0.444. The van der Waals surface area contributed by atoms with Gasteiger partial charge in [-0.05, 0) is 6.08 Å². The molecule has 0 aromatic heterocycles. The first kappa shape index (κ1) is 4.90. The van der Waals surface area contributed by atoms with Gasteiger partial charge in [0.25, 0.3) is 0 Å². The largest absolute Gasteiger partial charge is 0.411 e. The minimum Gasteiger partial charge on any atom is -0.411 e. The number of allylic oxidation sites excluding steroid dienone is 2. The van der Waals surface area contributed by atoms with Crippen molar-refractivity contribution in [2.75, 3.05) is 0 Å². The first-order chi connectivity index (χ1) is 3.93. The number of hydrogen-bond donors (Lipinski definition) is 1. The third-order valence-electron chi connectivity index (χ3n) is 0.783. The van der Waals surface area contributed by atoms with Gasteiger partial charge in [-0.2, -0.15) is 0 Å². The van der Waals surface area contributed by atoms with Crippen molar-refractivity contribution in [2.45, 2.75) is 0 Å². The van der Waals surface area contributed by atoms with Gasteiger partial charge < -0.3 is 5.21 Å². The van der Waals surface area contributed by atoms with E-state index in [0.29, 0.717) is 0 Å². The summed E-state index contributed by atoms with van der Waals surface area (Å²) >= 11 is 0. The van der Waals surface area contributed by atoms with Crippen LogP contribution in [0.5, 0.6) is 0 Å². The number of rotatable bonds is 1. The summed E-state index contributed by atoms with van der Waals surface area (Å²) in [6.45, 7) is 0. The first-order valence-corrected chi connectivity index (χ1v) is 2.17. The van der Waals surface area contributed by atoms with Crippen LogP contribution in [0, 0.1) is 0 Å². The second-order valence-corrected chi connectivity index (χ2v) is 1.34. The van der Waals surface area contributed by atoms with Gasteiger partial charge in [-0.3, -0.25) is 5.32 Å². The molecule has 1 aliphatic heterocycles. The van der Waals surface area contributed by atoms with E-state index in [-0.39, 0.29) is 0 Å². The van der Waals surface area contributed by atoms with Crippen LogP contribution in [0.15, 0.2) is 29.2 Å². The molecule has 0 amide bonds. The predicted molar refractivity (Wildman–Crippen MR) is 29.6 cm³/mol. The van der Waals surface area contributed by atoms with Crippen LogP contribution in [0.3, 0.4) is 0 Å². The summed E-state index contributed by atoms with van der Waals surface area (Å²) in [5.41, 5.74) is 0.813. The molecule has 0 bridgehead atoms. The van der Waals surface area contributed by atoms with Crippen LogP contribution in [-0.4, -0.2) is 11.4 Å². The van der Waals surface area contributed by atoms with Crippen LogP contribution in [0.25, 0.3) is 0 Å². The number of nitrogens with zero attached hydrogens (tertiary/aromatic N) is 2. The molecule has 0 aromatic carbocycles. The highest BCUT2D eigenvalue weighted by Gasteiger charge is 1.91. The van der Waals surface area contributed by atoms with Crippen molar-refractivity contribution >= 4 is 6.21 Å². The second kappa shape index (κ2) is 2.16. The number of hydrogen-bond acceptors (Lipinski definition) is 2. The van der Waals surface area contributed by atoms with Gasteiger partial charge in [-0.25, -0.2) is 0 Å². The third kappa shape index (κ3) is 0.872. The molecule has 0 saturated heterocycles. The molecule has 0 unspecified atom stereocenters. The minimum absolute atomic E-state index is 0.813. The zero-order valence-electron chi connectivity index (χ0n) is 4.15. The topological polar surface area (TPSA) is 46.7 Å². The molecular formula is C5H5N2O. The molecule has 1 radical (unpaired) electrons. The molecule has 8 heavy (non-hydrogen) atoms. The molecule has 0 saturated carbocycles. The Hall–Kier alpha value is -1.25. The molecular weight excluding hydrogens is 104 g/mol. The molecule has 0 atom stereocenters. The van der Waals surface area contributed by atoms with E-state index in [4.69, 9.17) is 5.21 Å². The smallest absolute Gasteiger partial charge is 0.0749 e. The van der Waals surface area contributed by atoms with Gasteiger partial charge in [0.1, 0.15) is 0 Å². The molecule has 1 heterocycles. The van der Waals surface area contributed by atoms with E-state index < -0.39 is 0 Å². The summed E-state index contributed by atoms with van der Waals surface area (Å²) in [6, 6.07) is 0. The molecule has 0 aliphatic carbocycles. The van der Waals surface area contributed by atoms with Crippen molar-refractivity contribution in [1.82, 2.24) is 5.32 Å². The summed E-state index contributed by atoms with van der Waals surface area (Å²) in [4.78, 5) is 0. The Labute approximate surface area is 47.0 Å².